The van der Waals surface area contributed by atoms with Crippen LogP contribution in [0.1, 0.15) is 40.9 Å². The molecule has 2 aliphatic heterocycles. The first kappa shape index (κ1) is 14.8. The minimum absolute atomic E-state index is 0.0545. The minimum atomic E-state index is 0.0545. The van der Waals surface area contributed by atoms with E-state index in [1.54, 1.807) is 0 Å². The standard InChI is InChI=1S/C19H24N2O2/c1-13-4-3-5-15-14(2)17(23-16(13)15)18(22)21-10-7-19(8-11-21)6-9-20-12-19/h3-5,20H,6-12H2,1-2H3. The van der Waals surface area contributed by atoms with E-state index in [9.17, 15) is 4.79 Å². The molecule has 4 heteroatoms. The van der Waals surface area contributed by atoms with E-state index < -0.39 is 0 Å². The number of nitrogens with one attached hydrogen (secondary N) is 1. The number of hydrogen-bond donors (Lipinski definition) is 1. The smallest absolute Gasteiger partial charge is 0.289 e. The Labute approximate surface area is 136 Å². The quantitative estimate of drug-likeness (QED) is 0.879. The number of hydrogen-bond acceptors (Lipinski definition) is 3. The summed E-state index contributed by atoms with van der Waals surface area (Å²) >= 11 is 0. The zero-order chi connectivity index (χ0) is 16.0. The number of piperidine rings is 1. The second-order valence-electron chi connectivity index (χ2n) is 7.23. The summed E-state index contributed by atoms with van der Waals surface area (Å²) in [7, 11) is 0. The SMILES string of the molecule is Cc1c(C(=O)N2CCC3(CCNC3)CC2)oc2c(C)cccc12. The number of nitrogens with zero attached hydrogens (tertiary/aromatic N) is 1. The van der Waals surface area contributed by atoms with Gasteiger partial charge in [-0.15, -0.1) is 0 Å². The lowest BCUT2D eigenvalue weighted by Crippen LogP contribution is -2.44. The molecule has 23 heavy (non-hydrogen) atoms. The lowest BCUT2D eigenvalue weighted by molar-refractivity contribution is 0.0578. The van der Waals surface area contributed by atoms with Gasteiger partial charge in [-0.2, -0.15) is 0 Å². The van der Waals surface area contributed by atoms with Crippen LogP contribution in [0.4, 0.5) is 0 Å². The van der Waals surface area contributed by atoms with Crippen LogP contribution in [-0.2, 0) is 0 Å². The first-order valence-corrected chi connectivity index (χ1v) is 8.58. The molecule has 3 heterocycles. The zero-order valence-electron chi connectivity index (χ0n) is 13.9. The molecule has 0 aliphatic carbocycles. The highest BCUT2D eigenvalue weighted by molar-refractivity contribution is 5.99. The Morgan fingerprint density at radius 3 is 2.65 bits per heavy atom. The van der Waals surface area contributed by atoms with E-state index in [2.05, 4.69) is 5.32 Å². The summed E-state index contributed by atoms with van der Waals surface area (Å²) in [6.45, 7) is 7.93. The molecule has 2 aromatic rings. The highest BCUT2D eigenvalue weighted by Gasteiger charge is 2.38. The summed E-state index contributed by atoms with van der Waals surface area (Å²) in [4.78, 5) is 14.9. The predicted molar refractivity (Wildman–Crippen MR) is 90.7 cm³/mol. The van der Waals surface area contributed by atoms with Gasteiger partial charge in [-0.1, -0.05) is 18.2 Å². The van der Waals surface area contributed by atoms with Gasteiger partial charge in [-0.3, -0.25) is 4.79 Å². The number of carbonyl (C=O) groups is 1. The molecule has 1 aromatic carbocycles. The topological polar surface area (TPSA) is 45.5 Å². The predicted octanol–water partition coefficient (Wildman–Crippen LogP) is 3.27. The molecule has 4 nitrogen and oxygen atoms in total. The van der Waals surface area contributed by atoms with Gasteiger partial charge in [0.1, 0.15) is 5.58 Å². The summed E-state index contributed by atoms with van der Waals surface area (Å²) in [6.07, 6.45) is 3.45. The molecule has 2 aliphatic rings. The van der Waals surface area contributed by atoms with E-state index >= 15 is 0 Å². The molecule has 0 radical (unpaired) electrons. The summed E-state index contributed by atoms with van der Waals surface area (Å²) in [5.41, 5.74) is 3.33. The van der Waals surface area contributed by atoms with E-state index in [1.807, 2.05) is 36.9 Å². The fourth-order valence-corrected chi connectivity index (χ4v) is 4.14. The highest BCUT2D eigenvalue weighted by Crippen LogP contribution is 2.38. The zero-order valence-corrected chi connectivity index (χ0v) is 13.9. The number of aryl methyl sites for hydroxylation is 2. The first-order chi connectivity index (χ1) is 11.1. The van der Waals surface area contributed by atoms with Crippen LogP contribution < -0.4 is 5.32 Å². The average molecular weight is 312 g/mol. The molecular weight excluding hydrogens is 288 g/mol. The van der Waals surface area contributed by atoms with Crippen molar-refractivity contribution in [3.63, 3.8) is 0 Å². The highest BCUT2D eigenvalue weighted by atomic mass is 16.3. The van der Waals surface area contributed by atoms with E-state index in [1.165, 1.54) is 6.42 Å². The van der Waals surface area contributed by atoms with Gasteiger partial charge in [0, 0.05) is 30.6 Å². The Kier molecular flexibility index (Phi) is 3.45. The van der Waals surface area contributed by atoms with Gasteiger partial charge in [0.25, 0.3) is 5.91 Å². The third kappa shape index (κ3) is 2.36. The molecule has 0 unspecified atom stereocenters. The third-order valence-electron chi connectivity index (χ3n) is 5.80. The van der Waals surface area contributed by atoms with Gasteiger partial charge in [-0.25, -0.2) is 0 Å². The Morgan fingerprint density at radius 2 is 2.00 bits per heavy atom. The molecule has 1 amide bonds. The van der Waals surface area contributed by atoms with Crippen LogP contribution in [0.15, 0.2) is 22.6 Å². The Bertz CT molecular complexity index is 746. The van der Waals surface area contributed by atoms with Gasteiger partial charge >= 0.3 is 0 Å². The lowest BCUT2D eigenvalue weighted by Gasteiger charge is -2.38. The van der Waals surface area contributed by atoms with E-state index in [4.69, 9.17) is 4.42 Å². The van der Waals surface area contributed by atoms with Crippen molar-refractivity contribution in [3.05, 3.63) is 35.1 Å². The molecule has 122 valence electrons. The molecule has 0 saturated carbocycles. The van der Waals surface area contributed by atoms with Crippen molar-refractivity contribution in [1.82, 2.24) is 10.2 Å². The first-order valence-electron chi connectivity index (χ1n) is 8.58. The van der Waals surface area contributed by atoms with Crippen LogP contribution >= 0.6 is 0 Å². The second-order valence-corrected chi connectivity index (χ2v) is 7.23. The van der Waals surface area contributed by atoms with Crippen molar-refractivity contribution in [2.45, 2.75) is 33.1 Å². The Balaban J connectivity index is 1.58. The molecule has 0 bridgehead atoms. The van der Waals surface area contributed by atoms with Crippen molar-refractivity contribution in [2.24, 2.45) is 5.41 Å². The fourth-order valence-electron chi connectivity index (χ4n) is 4.14. The van der Waals surface area contributed by atoms with Gasteiger partial charge in [0.05, 0.1) is 0 Å². The average Bonchev–Trinajstić information content (AvgIpc) is 3.14. The summed E-state index contributed by atoms with van der Waals surface area (Å²) in [5.74, 6) is 0.578. The number of amides is 1. The maximum atomic E-state index is 12.9. The van der Waals surface area contributed by atoms with Crippen molar-refractivity contribution >= 4 is 16.9 Å². The maximum absolute atomic E-state index is 12.9. The van der Waals surface area contributed by atoms with Crippen molar-refractivity contribution in [2.75, 3.05) is 26.2 Å². The van der Waals surface area contributed by atoms with Gasteiger partial charge < -0.3 is 14.6 Å². The van der Waals surface area contributed by atoms with Crippen molar-refractivity contribution in [1.29, 1.82) is 0 Å². The van der Waals surface area contributed by atoms with Crippen molar-refractivity contribution < 1.29 is 9.21 Å². The largest absolute Gasteiger partial charge is 0.450 e. The number of furan rings is 1. The van der Waals surface area contributed by atoms with E-state index in [0.717, 1.165) is 61.1 Å². The van der Waals surface area contributed by atoms with Crippen LogP contribution in [0.25, 0.3) is 11.0 Å². The third-order valence-corrected chi connectivity index (χ3v) is 5.80. The fraction of sp³-hybridized carbons (Fsp3) is 0.526. The number of carbonyl (C=O) groups excluding carboxylic acids is 1. The molecule has 1 aromatic heterocycles. The summed E-state index contributed by atoms with van der Waals surface area (Å²) < 4.78 is 5.96. The summed E-state index contributed by atoms with van der Waals surface area (Å²) in [6, 6.07) is 6.08. The molecule has 2 fully saturated rings. The Morgan fingerprint density at radius 1 is 1.22 bits per heavy atom. The van der Waals surface area contributed by atoms with Gasteiger partial charge in [0.2, 0.25) is 0 Å². The van der Waals surface area contributed by atoms with Crippen LogP contribution in [0.3, 0.4) is 0 Å². The number of fused-ring (bicyclic) bond motifs is 1. The monoisotopic (exact) mass is 312 g/mol. The molecule has 1 N–H and O–H groups in total. The van der Waals surface area contributed by atoms with Crippen LogP contribution in [0, 0.1) is 19.3 Å². The normalized spacial score (nSPS) is 20.5. The number of para-hydroxylation sites is 1. The minimum Gasteiger partial charge on any atom is -0.450 e. The van der Waals surface area contributed by atoms with E-state index in [-0.39, 0.29) is 5.91 Å². The summed E-state index contributed by atoms with van der Waals surface area (Å²) in [5, 5.41) is 4.53. The van der Waals surface area contributed by atoms with E-state index in [0.29, 0.717) is 11.2 Å². The maximum Gasteiger partial charge on any atom is 0.289 e. The number of rotatable bonds is 1. The van der Waals surface area contributed by atoms with Crippen LogP contribution in [0.2, 0.25) is 0 Å². The Hall–Kier alpha value is -1.81. The van der Waals surface area contributed by atoms with Crippen LogP contribution in [-0.4, -0.2) is 37.0 Å². The molecule has 4 rings (SSSR count). The van der Waals surface area contributed by atoms with Gasteiger partial charge in [0.15, 0.2) is 5.76 Å². The molecular formula is C19H24N2O2. The van der Waals surface area contributed by atoms with Crippen molar-refractivity contribution in [3.8, 4) is 0 Å². The van der Waals surface area contributed by atoms with Crippen LogP contribution in [0.5, 0.6) is 0 Å². The lowest BCUT2D eigenvalue weighted by atomic mass is 9.78. The molecule has 0 atom stereocenters. The molecule has 1 spiro atoms. The molecule has 2 saturated heterocycles. The van der Waals surface area contributed by atoms with Gasteiger partial charge in [-0.05, 0) is 50.6 Å². The second kappa shape index (κ2) is 5.38. The number of likely N-dealkylation sites (tertiary alicyclic amines) is 1. The number of benzene rings is 1.